The zero-order chi connectivity index (χ0) is 35.7. The highest BCUT2D eigenvalue weighted by atomic mass is 35.5. The number of aromatic hydroxyl groups is 1. The largest absolute Gasteiger partial charge is 0.508 e. The number of thiazole rings is 1. The zero-order valence-electron chi connectivity index (χ0n) is 26.4. The molecule has 0 saturated heterocycles. The van der Waals surface area contributed by atoms with Crippen LogP contribution >= 0.6 is 34.5 Å². The summed E-state index contributed by atoms with van der Waals surface area (Å²) in [5.41, 5.74) is 1.09. The van der Waals surface area contributed by atoms with E-state index in [4.69, 9.17) is 23.2 Å². The van der Waals surface area contributed by atoms with Crippen LogP contribution in [0.1, 0.15) is 49.5 Å². The van der Waals surface area contributed by atoms with Gasteiger partial charge in [-0.05, 0) is 42.7 Å². The van der Waals surface area contributed by atoms with Gasteiger partial charge in [-0.3, -0.25) is 28.8 Å². The molecule has 4 unspecified atom stereocenters. The van der Waals surface area contributed by atoms with Crippen molar-refractivity contribution in [2.45, 2.75) is 64.7 Å². The molecule has 1 aromatic heterocycles. The molecule has 0 radical (unpaired) electrons. The molecule has 0 aliphatic carbocycles. The summed E-state index contributed by atoms with van der Waals surface area (Å²) in [6.07, 6.45) is 0.681. The number of carbonyl (C=O) groups is 6. The Morgan fingerprint density at radius 3 is 2.02 bits per heavy atom. The molecule has 13 nitrogen and oxygen atoms in total. The van der Waals surface area contributed by atoms with Gasteiger partial charge in [0.25, 0.3) is 0 Å². The smallest absolute Gasteiger partial charge is 0.305 e. The Kier molecular flexibility index (Phi) is 13.5. The number of benzene rings is 2. The topological polar surface area (TPSA) is 204 Å². The molecule has 0 aliphatic rings. The Morgan fingerprint density at radius 2 is 1.46 bits per heavy atom. The highest BCUT2D eigenvalue weighted by Gasteiger charge is 2.33. The van der Waals surface area contributed by atoms with E-state index in [0.29, 0.717) is 26.0 Å². The fraction of sp³-hybridized carbons (Fsp3) is 0.344. The van der Waals surface area contributed by atoms with Gasteiger partial charge in [0, 0.05) is 25.1 Å². The van der Waals surface area contributed by atoms with Gasteiger partial charge in [-0.25, -0.2) is 4.98 Å². The van der Waals surface area contributed by atoms with E-state index in [1.807, 2.05) is 0 Å². The highest BCUT2D eigenvalue weighted by molar-refractivity contribution is 7.17. The summed E-state index contributed by atoms with van der Waals surface area (Å²) >= 11 is 13.5. The fourth-order valence-corrected chi connectivity index (χ4v) is 6.24. The number of phenolic OH excluding ortho intramolecular Hbond substituents is 1. The number of aliphatic carboxylic acids is 1. The molecular weight excluding hydrogens is 685 g/mol. The Hall–Kier alpha value is -4.53. The van der Waals surface area contributed by atoms with Gasteiger partial charge in [0.15, 0.2) is 5.01 Å². The number of nitrogens with zero attached hydrogens (tertiary/aromatic N) is 1. The molecule has 0 fully saturated rings. The van der Waals surface area contributed by atoms with Crippen molar-refractivity contribution in [1.29, 1.82) is 0 Å². The second-order valence-electron chi connectivity index (χ2n) is 11.2. The van der Waals surface area contributed by atoms with Crippen molar-refractivity contribution < 1.29 is 39.0 Å². The lowest BCUT2D eigenvalue weighted by Gasteiger charge is -2.27. The van der Waals surface area contributed by atoms with Crippen molar-refractivity contribution >= 4 is 69.9 Å². The third-order valence-corrected chi connectivity index (χ3v) is 8.67. The molecule has 256 valence electrons. The number of hydrogen-bond acceptors (Lipinski definition) is 9. The van der Waals surface area contributed by atoms with E-state index in [1.54, 1.807) is 44.2 Å². The van der Waals surface area contributed by atoms with Crippen molar-refractivity contribution in [3.8, 4) is 16.2 Å². The van der Waals surface area contributed by atoms with Crippen LogP contribution in [0.2, 0.25) is 10.0 Å². The molecule has 0 aliphatic heterocycles. The van der Waals surface area contributed by atoms with Crippen LogP contribution in [0.3, 0.4) is 0 Å². The van der Waals surface area contributed by atoms with E-state index in [2.05, 4.69) is 26.3 Å². The van der Waals surface area contributed by atoms with Crippen LogP contribution in [0.4, 0.5) is 0 Å². The number of carbonyl (C=O) groups excluding carboxylic acids is 5. The second-order valence-corrected chi connectivity index (χ2v) is 13.1. The van der Waals surface area contributed by atoms with E-state index in [0.717, 1.165) is 11.3 Å². The zero-order valence-corrected chi connectivity index (χ0v) is 28.7. The molecule has 16 heteroatoms. The van der Waals surface area contributed by atoms with Crippen LogP contribution in [0.5, 0.6) is 5.75 Å². The molecule has 48 heavy (non-hydrogen) atoms. The minimum atomic E-state index is -1.52. The number of ketones is 1. The third kappa shape index (κ3) is 10.5. The van der Waals surface area contributed by atoms with Gasteiger partial charge in [-0.2, -0.15) is 0 Å². The molecule has 1 heterocycles. The first-order chi connectivity index (χ1) is 22.6. The maximum absolute atomic E-state index is 13.3. The highest BCUT2D eigenvalue weighted by Crippen LogP contribution is 2.37. The van der Waals surface area contributed by atoms with Crippen molar-refractivity contribution in [2.75, 3.05) is 0 Å². The van der Waals surface area contributed by atoms with Crippen LogP contribution in [-0.4, -0.2) is 74.7 Å². The predicted molar refractivity (Wildman–Crippen MR) is 180 cm³/mol. The number of aromatic nitrogens is 1. The van der Waals surface area contributed by atoms with Crippen LogP contribution in [0.25, 0.3) is 10.4 Å². The van der Waals surface area contributed by atoms with Crippen molar-refractivity contribution in [3.63, 3.8) is 0 Å². The van der Waals surface area contributed by atoms with E-state index < -0.39 is 71.9 Å². The Morgan fingerprint density at radius 1 is 0.833 bits per heavy atom. The van der Waals surface area contributed by atoms with Crippen molar-refractivity contribution in [2.24, 2.45) is 5.92 Å². The van der Waals surface area contributed by atoms with Crippen molar-refractivity contribution in [1.82, 2.24) is 26.3 Å². The molecule has 3 aromatic rings. The molecular formula is C32H35Cl2N5O8S. The van der Waals surface area contributed by atoms with Gasteiger partial charge in [0.2, 0.25) is 29.4 Å². The normalized spacial score (nSPS) is 13.5. The Balaban J connectivity index is 1.70. The molecule has 4 amide bonds. The standard InChI is InChI=1S/C32H35Cl2N5O8S/c1-15(2)27(39-30(46)23(37-17(4)40)12-18-8-10-19(41)11-9-18)31(47)36-16(3)29(45)38-22(13-25(42)43)28(44)32-35-14-24(48-32)26-20(33)6-5-7-21(26)34/h5-11,14-16,22-23,27,41H,12-13H2,1-4H3,(H,36,47)(H,37,40)(H,38,45)(H,39,46)(H,42,43). The van der Waals surface area contributed by atoms with E-state index in [9.17, 15) is 39.0 Å². The number of hydrogen-bond donors (Lipinski definition) is 6. The summed E-state index contributed by atoms with van der Waals surface area (Å²) in [5, 5.41) is 29.6. The molecule has 0 bridgehead atoms. The first-order valence-corrected chi connectivity index (χ1v) is 16.3. The Labute approximate surface area is 290 Å². The first kappa shape index (κ1) is 37.9. The van der Waals surface area contributed by atoms with Crippen LogP contribution in [0, 0.1) is 5.92 Å². The maximum Gasteiger partial charge on any atom is 0.305 e. The maximum atomic E-state index is 13.3. The lowest BCUT2D eigenvalue weighted by molar-refractivity contribution is -0.138. The first-order valence-electron chi connectivity index (χ1n) is 14.7. The van der Waals surface area contributed by atoms with Gasteiger partial charge in [0.05, 0.1) is 21.3 Å². The van der Waals surface area contributed by atoms with E-state index >= 15 is 0 Å². The summed E-state index contributed by atoms with van der Waals surface area (Å²) in [6.45, 7) is 5.92. The van der Waals surface area contributed by atoms with Crippen LogP contribution < -0.4 is 21.3 Å². The lowest BCUT2D eigenvalue weighted by atomic mass is 10.0. The summed E-state index contributed by atoms with van der Waals surface area (Å²) in [5.74, 6) is -5.27. The average molecular weight is 721 g/mol. The average Bonchev–Trinajstić information content (AvgIpc) is 3.48. The molecule has 2 aromatic carbocycles. The number of amides is 4. The number of halogens is 2. The van der Waals surface area contributed by atoms with E-state index in [-0.39, 0.29) is 17.2 Å². The predicted octanol–water partition coefficient (Wildman–Crippen LogP) is 3.36. The van der Waals surface area contributed by atoms with Gasteiger partial charge in [0.1, 0.15) is 29.9 Å². The minimum absolute atomic E-state index is 0.0312. The number of carboxylic acids is 1. The molecule has 6 N–H and O–H groups in total. The number of nitrogens with one attached hydrogen (secondary N) is 4. The van der Waals surface area contributed by atoms with E-state index in [1.165, 1.54) is 32.2 Å². The van der Waals surface area contributed by atoms with Gasteiger partial charge < -0.3 is 31.5 Å². The molecule has 4 atom stereocenters. The van der Waals surface area contributed by atoms with Crippen LogP contribution in [-0.2, 0) is 30.4 Å². The van der Waals surface area contributed by atoms with Crippen LogP contribution in [0.15, 0.2) is 48.7 Å². The summed E-state index contributed by atoms with van der Waals surface area (Å²) in [4.78, 5) is 80.9. The number of rotatable bonds is 15. The lowest BCUT2D eigenvalue weighted by Crippen LogP contribution is -2.58. The Bertz CT molecular complexity index is 1660. The summed E-state index contributed by atoms with van der Waals surface area (Å²) in [7, 11) is 0. The van der Waals surface area contributed by atoms with Gasteiger partial charge >= 0.3 is 5.97 Å². The fourth-order valence-electron chi connectivity index (χ4n) is 4.55. The molecule has 0 spiro atoms. The van der Waals surface area contributed by atoms with Crippen molar-refractivity contribution in [3.05, 3.63) is 69.3 Å². The third-order valence-electron chi connectivity index (χ3n) is 7.01. The summed E-state index contributed by atoms with van der Waals surface area (Å²) < 4.78 is 0. The summed E-state index contributed by atoms with van der Waals surface area (Å²) in [6, 6.07) is 5.98. The number of carboxylic acid groups (broad SMARTS) is 1. The SMILES string of the molecule is CC(=O)NC(Cc1ccc(O)cc1)C(=O)NC(C(=O)NC(C)C(=O)NC(CC(=O)O)C(=O)c1ncc(-c2c(Cl)cccc2Cl)s1)C(C)C. The number of Topliss-reactive ketones (excluding diaryl/α,β-unsaturated/α-hetero) is 1. The molecule has 0 saturated carbocycles. The van der Waals surface area contributed by atoms with Gasteiger partial charge in [-0.1, -0.05) is 55.2 Å². The number of phenols is 1. The second kappa shape index (κ2) is 17.0. The monoisotopic (exact) mass is 719 g/mol. The van der Waals surface area contributed by atoms with Gasteiger partial charge in [-0.15, -0.1) is 11.3 Å². The quantitative estimate of drug-likeness (QED) is 0.127. The molecule has 3 rings (SSSR count). The minimum Gasteiger partial charge on any atom is -0.508 e.